The van der Waals surface area contributed by atoms with E-state index in [1.807, 2.05) is 6.07 Å². The Morgan fingerprint density at radius 2 is 1.69 bits per heavy atom. The lowest BCUT2D eigenvalue weighted by atomic mass is 10.0. The Kier molecular flexibility index (Phi) is 2.82. The molecule has 0 aliphatic heterocycles. The van der Waals surface area contributed by atoms with Gasteiger partial charge in [-0.05, 0) is 48.9 Å². The summed E-state index contributed by atoms with van der Waals surface area (Å²) in [5.41, 5.74) is 7.70. The molecule has 0 atom stereocenters. The van der Waals surface area contributed by atoms with Gasteiger partial charge >= 0.3 is 0 Å². The van der Waals surface area contributed by atoms with Crippen molar-refractivity contribution >= 4 is 44.9 Å². The van der Waals surface area contributed by atoms with E-state index in [2.05, 4.69) is 81.8 Å². The van der Waals surface area contributed by atoms with Gasteiger partial charge in [0.2, 0.25) is 5.78 Å². The maximum absolute atomic E-state index is 6.10. The molecule has 0 unspecified atom stereocenters. The second-order valence-corrected chi connectivity index (χ2v) is 7.62. The van der Waals surface area contributed by atoms with Crippen molar-refractivity contribution in [2.24, 2.45) is 0 Å². The summed E-state index contributed by atoms with van der Waals surface area (Å²) >= 11 is 0. The normalized spacial score (nSPS) is 13.8. The van der Waals surface area contributed by atoms with E-state index < -0.39 is 0 Å². The smallest absolute Gasteiger partial charge is 0.220 e. The highest BCUT2D eigenvalue weighted by Crippen LogP contribution is 2.34. The van der Waals surface area contributed by atoms with Crippen molar-refractivity contribution in [3.05, 3.63) is 84.1 Å². The van der Waals surface area contributed by atoms with Crippen LogP contribution in [-0.2, 0) is 6.42 Å². The minimum atomic E-state index is 0.930. The van der Waals surface area contributed by atoms with Crippen LogP contribution in [-0.4, -0.2) is 14.0 Å². The van der Waals surface area contributed by atoms with Crippen molar-refractivity contribution in [3.63, 3.8) is 0 Å². The van der Waals surface area contributed by atoms with Crippen molar-refractivity contribution in [1.29, 1.82) is 0 Å². The number of furan rings is 1. The van der Waals surface area contributed by atoms with Gasteiger partial charge in [0.05, 0.1) is 27.8 Å². The first kappa shape index (κ1) is 15.2. The average molecular weight is 375 g/mol. The van der Waals surface area contributed by atoms with E-state index in [1.54, 1.807) is 0 Å². The van der Waals surface area contributed by atoms with E-state index in [0.29, 0.717) is 0 Å². The summed E-state index contributed by atoms with van der Waals surface area (Å²) in [7, 11) is 0. The number of rotatable bonds is 1. The first-order valence-corrected chi connectivity index (χ1v) is 9.97. The molecule has 4 nitrogen and oxygen atoms in total. The number of fused-ring (bicyclic) bond motifs is 8. The lowest BCUT2D eigenvalue weighted by molar-refractivity contribution is 0.546. The standard InChI is InChI=1S/C25H17N3O/c1-6-12-23-17(7-1)18-15-16(13-14-24(18)29-23)27-21-10-4-5-11-22(21)28-20-9-3-2-8-19(20)26-25(27)28/h1-5,7-11,13-15H,6,12H2. The Morgan fingerprint density at radius 3 is 2.62 bits per heavy atom. The van der Waals surface area contributed by atoms with Crippen LogP contribution in [0.25, 0.3) is 50.6 Å². The maximum atomic E-state index is 6.10. The molecule has 0 fully saturated rings. The van der Waals surface area contributed by atoms with Crippen LogP contribution < -0.4 is 0 Å². The van der Waals surface area contributed by atoms with Gasteiger partial charge < -0.3 is 4.42 Å². The van der Waals surface area contributed by atoms with Crippen LogP contribution in [0.3, 0.4) is 0 Å². The largest absolute Gasteiger partial charge is 0.460 e. The molecule has 0 N–H and O–H groups in total. The second-order valence-electron chi connectivity index (χ2n) is 7.62. The number of para-hydroxylation sites is 4. The minimum absolute atomic E-state index is 0.930. The zero-order valence-electron chi connectivity index (χ0n) is 15.7. The zero-order chi connectivity index (χ0) is 18.9. The topological polar surface area (TPSA) is 35.4 Å². The molecule has 3 aromatic carbocycles. The summed E-state index contributed by atoms with van der Waals surface area (Å²) in [6.45, 7) is 0. The molecule has 0 spiro atoms. The molecule has 4 heteroatoms. The Bertz CT molecular complexity index is 1610. The van der Waals surface area contributed by atoms with Crippen molar-refractivity contribution in [3.8, 4) is 5.69 Å². The third kappa shape index (κ3) is 1.95. The van der Waals surface area contributed by atoms with Gasteiger partial charge in [-0.25, -0.2) is 4.98 Å². The van der Waals surface area contributed by atoms with E-state index in [4.69, 9.17) is 9.40 Å². The van der Waals surface area contributed by atoms with Gasteiger partial charge in [-0.2, -0.15) is 0 Å². The lowest BCUT2D eigenvalue weighted by Gasteiger charge is -2.06. The number of allylic oxidation sites excluding steroid dienone is 1. The fourth-order valence-corrected chi connectivity index (χ4v) is 4.68. The van der Waals surface area contributed by atoms with E-state index in [1.165, 1.54) is 10.9 Å². The summed E-state index contributed by atoms with van der Waals surface area (Å²) in [4.78, 5) is 4.97. The summed E-state index contributed by atoms with van der Waals surface area (Å²) in [6.07, 6.45) is 6.44. The molecule has 1 aliphatic carbocycles. The van der Waals surface area contributed by atoms with E-state index in [9.17, 15) is 0 Å². The van der Waals surface area contributed by atoms with Gasteiger partial charge in [0.15, 0.2) is 0 Å². The van der Waals surface area contributed by atoms with Crippen LogP contribution in [0.4, 0.5) is 0 Å². The Morgan fingerprint density at radius 1 is 0.862 bits per heavy atom. The van der Waals surface area contributed by atoms with Crippen LogP contribution in [0.2, 0.25) is 0 Å². The molecule has 3 aromatic heterocycles. The average Bonchev–Trinajstić information content (AvgIpc) is 3.41. The van der Waals surface area contributed by atoms with Crippen LogP contribution in [0, 0.1) is 0 Å². The van der Waals surface area contributed by atoms with E-state index in [-0.39, 0.29) is 0 Å². The monoisotopic (exact) mass is 375 g/mol. The lowest BCUT2D eigenvalue weighted by Crippen LogP contribution is -1.95. The number of hydrogen-bond acceptors (Lipinski definition) is 2. The number of imidazole rings is 2. The molecule has 7 rings (SSSR count). The molecule has 3 heterocycles. The summed E-state index contributed by atoms with van der Waals surface area (Å²) in [5.74, 6) is 2.02. The molecule has 0 bridgehead atoms. The maximum Gasteiger partial charge on any atom is 0.220 e. The molecular weight excluding hydrogens is 358 g/mol. The molecule has 0 radical (unpaired) electrons. The fourth-order valence-electron chi connectivity index (χ4n) is 4.68. The van der Waals surface area contributed by atoms with Gasteiger partial charge in [-0.15, -0.1) is 0 Å². The number of hydrogen-bond donors (Lipinski definition) is 0. The summed E-state index contributed by atoms with van der Waals surface area (Å²) < 4.78 is 10.6. The first-order valence-electron chi connectivity index (χ1n) is 9.97. The Labute approximate surface area is 166 Å². The third-order valence-corrected chi connectivity index (χ3v) is 5.97. The predicted octanol–water partition coefficient (Wildman–Crippen LogP) is 6.14. The SMILES string of the molecule is C1=Cc2c(oc3ccc(-n4c5ccccc5n5c6ccccc6nc45)cc23)CC1. The Hall–Kier alpha value is -3.79. The molecule has 1 aliphatic rings. The fraction of sp³-hybridized carbons (Fsp3) is 0.0800. The minimum Gasteiger partial charge on any atom is -0.460 e. The number of aromatic nitrogens is 3. The Balaban J connectivity index is 1.62. The molecule has 0 saturated carbocycles. The van der Waals surface area contributed by atoms with Gasteiger partial charge in [-0.3, -0.25) is 8.97 Å². The van der Waals surface area contributed by atoms with E-state index >= 15 is 0 Å². The molecule has 138 valence electrons. The van der Waals surface area contributed by atoms with Gasteiger partial charge in [-0.1, -0.05) is 36.4 Å². The number of benzene rings is 3. The van der Waals surface area contributed by atoms with Crippen LogP contribution in [0.5, 0.6) is 0 Å². The quantitative estimate of drug-likeness (QED) is 0.346. The van der Waals surface area contributed by atoms with Crippen LogP contribution >= 0.6 is 0 Å². The van der Waals surface area contributed by atoms with Crippen molar-refractivity contribution in [2.75, 3.05) is 0 Å². The third-order valence-electron chi connectivity index (χ3n) is 5.97. The summed E-state index contributed by atoms with van der Waals surface area (Å²) in [6, 6.07) is 23.3. The van der Waals surface area contributed by atoms with Crippen molar-refractivity contribution in [2.45, 2.75) is 12.8 Å². The molecular formula is C25H17N3O. The van der Waals surface area contributed by atoms with Crippen LogP contribution in [0.1, 0.15) is 17.7 Å². The number of aryl methyl sites for hydroxylation is 1. The first-order chi connectivity index (χ1) is 14.4. The van der Waals surface area contributed by atoms with Gasteiger partial charge in [0, 0.05) is 17.4 Å². The second kappa shape index (κ2) is 5.39. The predicted molar refractivity (Wildman–Crippen MR) is 117 cm³/mol. The molecule has 29 heavy (non-hydrogen) atoms. The highest BCUT2D eigenvalue weighted by Gasteiger charge is 2.19. The highest BCUT2D eigenvalue weighted by atomic mass is 16.3. The van der Waals surface area contributed by atoms with Crippen LogP contribution in [0.15, 0.2) is 77.2 Å². The molecule has 6 aromatic rings. The number of nitrogens with zero attached hydrogens (tertiary/aromatic N) is 3. The van der Waals surface area contributed by atoms with E-state index in [0.717, 1.165) is 57.7 Å². The highest BCUT2D eigenvalue weighted by molar-refractivity contribution is 5.94. The van der Waals surface area contributed by atoms with Gasteiger partial charge in [0.25, 0.3) is 0 Å². The summed E-state index contributed by atoms with van der Waals surface area (Å²) in [5, 5.41) is 1.17. The van der Waals surface area contributed by atoms with Gasteiger partial charge in [0.1, 0.15) is 11.3 Å². The molecule has 0 amide bonds. The zero-order valence-corrected chi connectivity index (χ0v) is 15.7. The molecule has 0 saturated heterocycles. The van der Waals surface area contributed by atoms with Crippen molar-refractivity contribution < 1.29 is 4.42 Å². The van der Waals surface area contributed by atoms with Crippen molar-refractivity contribution in [1.82, 2.24) is 14.0 Å².